The van der Waals surface area contributed by atoms with Gasteiger partial charge in [0.05, 0.1) is 24.6 Å². The second-order valence-electron chi connectivity index (χ2n) is 6.53. The Morgan fingerprint density at radius 3 is 2.55 bits per heavy atom. The lowest BCUT2D eigenvalue weighted by Gasteiger charge is -2.18. The maximum atomic E-state index is 5.14. The Morgan fingerprint density at radius 1 is 1.03 bits per heavy atom. The summed E-state index contributed by atoms with van der Waals surface area (Å²) < 4.78 is 5.14. The van der Waals surface area contributed by atoms with Crippen LogP contribution in [0.2, 0.25) is 0 Å². The molecule has 9 nitrogen and oxygen atoms in total. The number of nitrogens with zero attached hydrogens (tertiary/aromatic N) is 7. The van der Waals surface area contributed by atoms with E-state index in [1.807, 2.05) is 19.2 Å². The lowest BCUT2D eigenvalue weighted by Crippen LogP contribution is -2.21. The fraction of sp³-hybridized carbons (Fsp3) is 0.368. The number of aryl methyl sites for hydroxylation is 1. The number of ether oxygens (including phenoxy) is 1. The number of rotatable bonds is 6. The molecule has 29 heavy (non-hydrogen) atoms. The van der Waals surface area contributed by atoms with Crippen molar-refractivity contribution in [3.63, 3.8) is 0 Å². The summed E-state index contributed by atoms with van der Waals surface area (Å²) in [4.78, 5) is 29.2. The van der Waals surface area contributed by atoms with E-state index in [9.17, 15) is 0 Å². The fourth-order valence-electron chi connectivity index (χ4n) is 3.08. The molecule has 0 bridgehead atoms. The number of methoxy groups -OCH3 is 1. The molecule has 1 saturated heterocycles. The highest BCUT2D eigenvalue weighted by atomic mass is 32.2. The maximum absolute atomic E-state index is 5.14. The van der Waals surface area contributed by atoms with Crippen LogP contribution in [0.25, 0.3) is 11.4 Å². The van der Waals surface area contributed by atoms with Crippen LogP contribution in [-0.4, -0.2) is 56.4 Å². The molecule has 4 rings (SSSR count). The minimum absolute atomic E-state index is 0.541. The highest BCUT2D eigenvalue weighted by Gasteiger charge is 2.19. The van der Waals surface area contributed by atoms with Crippen molar-refractivity contribution in [1.29, 1.82) is 0 Å². The number of pyridine rings is 1. The summed E-state index contributed by atoms with van der Waals surface area (Å²) in [6.07, 6.45) is 7.72. The predicted octanol–water partition coefficient (Wildman–Crippen LogP) is 3.11. The van der Waals surface area contributed by atoms with Crippen LogP contribution in [0.1, 0.15) is 18.7 Å². The van der Waals surface area contributed by atoms with Gasteiger partial charge in [0, 0.05) is 25.4 Å². The van der Waals surface area contributed by atoms with E-state index in [1.54, 1.807) is 25.6 Å². The zero-order chi connectivity index (χ0) is 20.2. The molecule has 0 aliphatic carbocycles. The standard InChI is InChI=1S/C19H22N8OS/c1-12-22-16(26-19(23-12)29-3)14-11-21-18(27-8-4-5-9-27)25-17(14)24-13-6-7-15(28-2)20-10-13/h6-7,10-11H,4-5,8-9H2,1-3H3,(H,21,24,25). The van der Waals surface area contributed by atoms with Crippen LogP contribution >= 0.6 is 11.8 Å². The molecule has 10 heteroatoms. The molecule has 1 aliphatic heterocycles. The molecule has 3 aromatic heterocycles. The lowest BCUT2D eigenvalue weighted by molar-refractivity contribution is 0.398. The van der Waals surface area contributed by atoms with Crippen molar-refractivity contribution in [2.24, 2.45) is 0 Å². The summed E-state index contributed by atoms with van der Waals surface area (Å²) in [5.74, 6) is 3.07. The van der Waals surface area contributed by atoms with E-state index in [1.165, 1.54) is 11.8 Å². The average molecular weight is 411 g/mol. The second-order valence-corrected chi connectivity index (χ2v) is 7.31. The first-order chi connectivity index (χ1) is 14.2. The zero-order valence-electron chi connectivity index (χ0n) is 16.6. The first-order valence-corrected chi connectivity index (χ1v) is 10.5. The topological polar surface area (TPSA) is 102 Å². The number of aromatic nitrogens is 6. The van der Waals surface area contributed by atoms with Gasteiger partial charge in [0.2, 0.25) is 11.8 Å². The third-order valence-corrected chi connectivity index (χ3v) is 5.07. The van der Waals surface area contributed by atoms with Crippen LogP contribution in [0, 0.1) is 6.92 Å². The number of hydrogen-bond donors (Lipinski definition) is 1. The van der Waals surface area contributed by atoms with Crippen LogP contribution in [0.4, 0.5) is 17.5 Å². The smallest absolute Gasteiger partial charge is 0.227 e. The van der Waals surface area contributed by atoms with E-state index in [-0.39, 0.29) is 0 Å². The third-order valence-electron chi connectivity index (χ3n) is 4.52. The summed E-state index contributed by atoms with van der Waals surface area (Å²) in [6, 6.07) is 3.68. The van der Waals surface area contributed by atoms with E-state index in [4.69, 9.17) is 9.72 Å². The van der Waals surface area contributed by atoms with Gasteiger partial charge in [-0.2, -0.15) is 4.98 Å². The molecule has 1 N–H and O–H groups in total. The van der Waals surface area contributed by atoms with Gasteiger partial charge in [-0.3, -0.25) is 0 Å². The highest BCUT2D eigenvalue weighted by Crippen LogP contribution is 2.29. The van der Waals surface area contributed by atoms with Gasteiger partial charge in [-0.1, -0.05) is 11.8 Å². The van der Waals surface area contributed by atoms with Crippen molar-refractivity contribution in [1.82, 2.24) is 29.9 Å². The molecular weight excluding hydrogens is 388 g/mol. The third kappa shape index (κ3) is 4.37. The Balaban J connectivity index is 1.75. The number of anilines is 3. The number of nitrogens with one attached hydrogen (secondary N) is 1. The predicted molar refractivity (Wildman–Crippen MR) is 113 cm³/mol. The van der Waals surface area contributed by atoms with Crippen molar-refractivity contribution in [2.75, 3.05) is 36.7 Å². The molecule has 0 spiro atoms. The first-order valence-electron chi connectivity index (χ1n) is 9.32. The number of thioether (sulfide) groups is 1. The molecule has 0 radical (unpaired) electrons. The Morgan fingerprint density at radius 2 is 1.86 bits per heavy atom. The Hall–Kier alpha value is -3.01. The minimum atomic E-state index is 0.541. The molecule has 0 aromatic carbocycles. The van der Waals surface area contributed by atoms with Gasteiger partial charge in [-0.05, 0) is 32.1 Å². The van der Waals surface area contributed by atoms with E-state index in [0.717, 1.165) is 31.6 Å². The monoisotopic (exact) mass is 410 g/mol. The molecule has 150 valence electrons. The molecule has 0 saturated carbocycles. The molecule has 0 unspecified atom stereocenters. The van der Waals surface area contributed by atoms with E-state index in [2.05, 4.69) is 35.1 Å². The van der Waals surface area contributed by atoms with Gasteiger partial charge in [-0.25, -0.2) is 24.9 Å². The molecule has 1 fully saturated rings. The second kappa shape index (κ2) is 8.56. The summed E-state index contributed by atoms with van der Waals surface area (Å²) in [6.45, 7) is 3.78. The van der Waals surface area contributed by atoms with Gasteiger partial charge < -0.3 is 15.0 Å². The van der Waals surface area contributed by atoms with Gasteiger partial charge in [0.25, 0.3) is 0 Å². The minimum Gasteiger partial charge on any atom is -0.481 e. The summed E-state index contributed by atoms with van der Waals surface area (Å²) in [7, 11) is 1.59. The maximum Gasteiger partial charge on any atom is 0.227 e. The van der Waals surface area contributed by atoms with Crippen molar-refractivity contribution in [3.05, 3.63) is 30.4 Å². The van der Waals surface area contributed by atoms with Gasteiger partial charge in [0.15, 0.2) is 11.0 Å². The fourth-order valence-corrected chi connectivity index (χ4v) is 3.48. The van der Waals surface area contributed by atoms with E-state index in [0.29, 0.717) is 40.0 Å². The van der Waals surface area contributed by atoms with Crippen molar-refractivity contribution >= 4 is 29.2 Å². The van der Waals surface area contributed by atoms with Crippen LogP contribution in [0.5, 0.6) is 5.88 Å². The summed E-state index contributed by atoms with van der Waals surface area (Å²) >= 11 is 1.47. The summed E-state index contributed by atoms with van der Waals surface area (Å²) in [5.41, 5.74) is 1.50. The number of hydrogen-bond acceptors (Lipinski definition) is 10. The normalized spacial score (nSPS) is 13.6. The van der Waals surface area contributed by atoms with E-state index < -0.39 is 0 Å². The molecule has 4 heterocycles. The Kier molecular flexibility index (Phi) is 5.70. The first kappa shape index (κ1) is 19.3. The van der Waals surface area contributed by atoms with Crippen LogP contribution in [0.3, 0.4) is 0 Å². The average Bonchev–Trinajstić information content (AvgIpc) is 3.29. The van der Waals surface area contributed by atoms with Crippen molar-refractivity contribution in [3.8, 4) is 17.3 Å². The summed E-state index contributed by atoms with van der Waals surface area (Å²) in [5, 5.41) is 4.00. The van der Waals surface area contributed by atoms with Gasteiger partial charge >= 0.3 is 0 Å². The van der Waals surface area contributed by atoms with Gasteiger partial charge in [-0.15, -0.1) is 0 Å². The lowest BCUT2D eigenvalue weighted by atomic mass is 10.2. The zero-order valence-corrected chi connectivity index (χ0v) is 17.4. The van der Waals surface area contributed by atoms with Crippen LogP contribution in [-0.2, 0) is 0 Å². The van der Waals surface area contributed by atoms with Gasteiger partial charge in [0.1, 0.15) is 11.6 Å². The largest absolute Gasteiger partial charge is 0.481 e. The highest BCUT2D eigenvalue weighted by molar-refractivity contribution is 7.98. The van der Waals surface area contributed by atoms with Crippen LogP contribution < -0.4 is 15.0 Å². The van der Waals surface area contributed by atoms with Crippen LogP contribution in [0.15, 0.2) is 29.7 Å². The molecular formula is C19H22N8OS. The molecule has 0 amide bonds. The van der Waals surface area contributed by atoms with Crippen molar-refractivity contribution < 1.29 is 4.74 Å². The Labute approximate surface area is 173 Å². The Bertz CT molecular complexity index is 992. The van der Waals surface area contributed by atoms with E-state index >= 15 is 0 Å². The molecule has 1 aliphatic rings. The molecule has 3 aromatic rings. The molecule has 0 atom stereocenters. The SMILES string of the molecule is COc1ccc(Nc2nc(N3CCCC3)ncc2-c2nc(C)nc(SC)n2)cn1. The quantitative estimate of drug-likeness (QED) is 0.610. The van der Waals surface area contributed by atoms with Crippen molar-refractivity contribution in [2.45, 2.75) is 24.9 Å².